The predicted molar refractivity (Wildman–Crippen MR) is 117 cm³/mol. The fourth-order valence-corrected chi connectivity index (χ4v) is 3.76. The van der Waals surface area contributed by atoms with Gasteiger partial charge in [0.1, 0.15) is 18.0 Å². The van der Waals surface area contributed by atoms with Crippen LogP contribution in [0.2, 0.25) is 0 Å². The summed E-state index contributed by atoms with van der Waals surface area (Å²) < 4.78 is 30.3. The SMILES string of the molecule is COC(=O)c1ccoc1COC(=O)CSc1nnc(-c2ccc(F)cc2)n1-c1ccccc1. The fourth-order valence-electron chi connectivity index (χ4n) is 3.01. The number of aromatic nitrogens is 3. The van der Waals surface area contributed by atoms with Crippen LogP contribution in [0.15, 0.2) is 76.5 Å². The first-order valence-electron chi connectivity index (χ1n) is 9.76. The Morgan fingerprint density at radius 2 is 1.82 bits per heavy atom. The molecule has 4 aromatic rings. The summed E-state index contributed by atoms with van der Waals surface area (Å²) in [6.07, 6.45) is 1.32. The van der Waals surface area contributed by atoms with E-state index in [1.807, 2.05) is 30.3 Å². The molecule has 0 spiro atoms. The van der Waals surface area contributed by atoms with Crippen molar-refractivity contribution in [3.05, 3.63) is 84.1 Å². The van der Waals surface area contributed by atoms with Crippen LogP contribution in [0.4, 0.5) is 4.39 Å². The van der Waals surface area contributed by atoms with Crippen molar-refractivity contribution < 1.29 is 27.9 Å². The number of halogens is 1. The average molecular weight is 467 g/mol. The zero-order valence-corrected chi connectivity index (χ0v) is 18.3. The Morgan fingerprint density at radius 3 is 2.55 bits per heavy atom. The molecule has 33 heavy (non-hydrogen) atoms. The molecule has 0 amide bonds. The quantitative estimate of drug-likeness (QED) is 0.280. The number of benzene rings is 2. The van der Waals surface area contributed by atoms with E-state index in [0.29, 0.717) is 16.5 Å². The van der Waals surface area contributed by atoms with E-state index in [1.54, 1.807) is 16.7 Å². The number of esters is 2. The molecule has 0 radical (unpaired) electrons. The van der Waals surface area contributed by atoms with E-state index in [-0.39, 0.29) is 29.5 Å². The molecule has 0 aliphatic rings. The molecule has 0 bridgehead atoms. The number of furan rings is 1. The van der Waals surface area contributed by atoms with Crippen LogP contribution in [0.3, 0.4) is 0 Å². The van der Waals surface area contributed by atoms with Crippen LogP contribution in [0.25, 0.3) is 17.1 Å². The van der Waals surface area contributed by atoms with Gasteiger partial charge in [-0.15, -0.1) is 10.2 Å². The lowest BCUT2D eigenvalue weighted by atomic mass is 10.2. The van der Waals surface area contributed by atoms with Gasteiger partial charge in [0.2, 0.25) is 0 Å². The molecule has 8 nitrogen and oxygen atoms in total. The van der Waals surface area contributed by atoms with E-state index >= 15 is 0 Å². The minimum absolute atomic E-state index is 0.0529. The van der Waals surface area contributed by atoms with Crippen LogP contribution in [0.1, 0.15) is 16.1 Å². The van der Waals surface area contributed by atoms with Crippen LogP contribution in [-0.4, -0.2) is 39.6 Å². The second kappa shape index (κ2) is 10.1. The average Bonchev–Trinajstić information content (AvgIpc) is 3.49. The molecule has 0 atom stereocenters. The highest BCUT2D eigenvalue weighted by molar-refractivity contribution is 7.99. The first kappa shape index (κ1) is 22.3. The van der Waals surface area contributed by atoms with E-state index in [4.69, 9.17) is 9.15 Å². The fraction of sp³-hybridized carbons (Fsp3) is 0.130. The standard InChI is InChI=1S/C23H18FN3O5S/c1-30-22(29)18-11-12-31-19(18)13-32-20(28)14-33-23-26-25-21(15-7-9-16(24)10-8-15)27(23)17-5-3-2-4-6-17/h2-12H,13-14H2,1H3. The zero-order chi connectivity index (χ0) is 23.2. The van der Waals surface area contributed by atoms with E-state index < -0.39 is 11.9 Å². The van der Waals surface area contributed by atoms with Crippen LogP contribution < -0.4 is 0 Å². The number of para-hydroxylation sites is 1. The number of carbonyl (C=O) groups excluding carboxylic acids is 2. The summed E-state index contributed by atoms with van der Waals surface area (Å²) >= 11 is 1.14. The van der Waals surface area contributed by atoms with Crippen LogP contribution in [-0.2, 0) is 20.9 Å². The van der Waals surface area contributed by atoms with Crippen molar-refractivity contribution in [3.8, 4) is 17.1 Å². The van der Waals surface area contributed by atoms with Crippen molar-refractivity contribution in [2.45, 2.75) is 11.8 Å². The molecule has 2 heterocycles. The Bertz CT molecular complexity index is 1250. The highest BCUT2D eigenvalue weighted by Crippen LogP contribution is 2.28. The topological polar surface area (TPSA) is 96.5 Å². The van der Waals surface area contributed by atoms with Crippen LogP contribution in [0, 0.1) is 5.82 Å². The molecule has 0 unspecified atom stereocenters. The third-order valence-corrected chi connectivity index (χ3v) is 5.49. The number of rotatable bonds is 8. The molecule has 2 aromatic carbocycles. The maximum atomic E-state index is 13.4. The first-order valence-corrected chi connectivity index (χ1v) is 10.7. The molecule has 10 heteroatoms. The van der Waals surface area contributed by atoms with Gasteiger partial charge in [0.15, 0.2) is 16.7 Å². The second-order valence-electron chi connectivity index (χ2n) is 6.68. The largest absolute Gasteiger partial charge is 0.465 e. The predicted octanol–water partition coefficient (Wildman–Crippen LogP) is 4.29. The van der Waals surface area contributed by atoms with Gasteiger partial charge in [-0.1, -0.05) is 30.0 Å². The monoisotopic (exact) mass is 467 g/mol. The second-order valence-corrected chi connectivity index (χ2v) is 7.62. The van der Waals surface area contributed by atoms with Crippen molar-refractivity contribution in [2.24, 2.45) is 0 Å². The van der Waals surface area contributed by atoms with E-state index in [2.05, 4.69) is 14.9 Å². The molecule has 2 aromatic heterocycles. The van der Waals surface area contributed by atoms with Gasteiger partial charge in [-0.3, -0.25) is 9.36 Å². The van der Waals surface area contributed by atoms with Gasteiger partial charge in [-0.25, -0.2) is 9.18 Å². The lowest BCUT2D eigenvalue weighted by Crippen LogP contribution is -2.10. The lowest BCUT2D eigenvalue weighted by molar-refractivity contribution is -0.142. The number of carbonyl (C=O) groups is 2. The Hall–Kier alpha value is -3.92. The molecule has 0 saturated carbocycles. The minimum atomic E-state index is -0.576. The number of methoxy groups -OCH3 is 1. The van der Waals surface area contributed by atoms with Gasteiger partial charge in [0.25, 0.3) is 0 Å². The molecule has 0 aliphatic carbocycles. The Kier molecular flexibility index (Phi) is 6.84. The van der Waals surface area contributed by atoms with Gasteiger partial charge in [-0.05, 0) is 42.5 Å². The molecular formula is C23H18FN3O5S. The molecule has 168 valence electrons. The molecule has 0 fully saturated rings. The molecule has 0 aliphatic heterocycles. The maximum absolute atomic E-state index is 13.4. The third kappa shape index (κ3) is 5.12. The summed E-state index contributed by atoms with van der Waals surface area (Å²) in [7, 11) is 1.25. The van der Waals surface area contributed by atoms with E-state index in [9.17, 15) is 14.0 Å². The summed E-state index contributed by atoms with van der Waals surface area (Å²) in [6, 6.07) is 16.8. The Morgan fingerprint density at radius 1 is 1.06 bits per heavy atom. The number of nitrogens with zero attached hydrogens (tertiary/aromatic N) is 3. The Balaban J connectivity index is 1.49. The minimum Gasteiger partial charge on any atom is -0.465 e. The normalized spacial score (nSPS) is 10.7. The maximum Gasteiger partial charge on any atom is 0.341 e. The molecule has 4 rings (SSSR count). The van der Waals surface area contributed by atoms with Crippen molar-refractivity contribution in [3.63, 3.8) is 0 Å². The summed E-state index contributed by atoms with van der Waals surface area (Å²) in [6.45, 7) is -0.205. The number of hydrogen-bond donors (Lipinski definition) is 0. The van der Waals surface area contributed by atoms with E-state index in [1.165, 1.54) is 31.6 Å². The van der Waals surface area contributed by atoms with Gasteiger partial charge < -0.3 is 13.9 Å². The number of ether oxygens (including phenoxy) is 2. The first-order chi connectivity index (χ1) is 16.1. The molecule has 0 N–H and O–H groups in total. The van der Waals surface area contributed by atoms with Crippen molar-refractivity contribution >= 4 is 23.7 Å². The smallest absolute Gasteiger partial charge is 0.341 e. The Labute approximate surface area is 192 Å². The van der Waals surface area contributed by atoms with Gasteiger partial charge in [0, 0.05) is 11.3 Å². The number of thioether (sulfide) groups is 1. The van der Waals surface area contributed by atoms with Crippen LogP contribution in [0.5, 0.6) is 0 Å². The third-order valence-electron chi connectivity index (χ3n) is 4.58. The van der Waals surface area contributed by atoms with Crippen molar-refractivity contribution in [1.29, 1.82) is 0 Å². The summed E-state index contributed by atoms with van der Waals surface area (Å²) in [5.74, 6) is -0.801. The van der Waals surface area contributed by atoms with Crippen molar-refractivity contribution in [2.75, 3.05) is 12.9 Å². The van der Waals surface area contributed by atoms with Gasteiger partial charge in [0.05, 0.1) is 19.1 Å². The molecular weight excluding hydrogens is 449 g/mol. The molecule has 0 saturated heterocycles. The summed E-state index contributed by atoms with van der Waals surface area (Å²) in [5.41, 5.74) is 1.66. The summed E-state index contributed by atoms with van der Waals surface area (Å²) in [5, 5.41) is 8.93. The van der Waals surface area contributed by atoms with Gasteiger partial charge >= 0.3 is 11.9 Å². The highest BCUT2D eigenvalue weighted by atomic mass is 32.2. The lowest BCUT2D eigenvalue weighted by Gasteiger charge is -2.10. The highest BCUT2D eigenvalue weighted by Gasteiger charge is 2.19. The zero-order valence-electron chi connectivity index (χ0n) is 17.4. The van der Waals surface area contributed by atoms with Gasteiger partial charge in [-0.2, -0.15) is 0 Å². The van der Waals surface area contributed by atoms with E-state index in [0.717, 1.165) is 17.4 Å². The number of hydrogen-bond acceptors (Lipinski definition) is 8. The van der Waals surface area contributed by atoms with Crippen molar-refractivity contribution in [1.82, 2.24) is 14.8 Å². The summed E-state index contributed by atoms with van der Waals surface area (Å²) in [4.78, 5) is 24.0. The van der Waals surface area contributed by atoms with Crippen LogP contribution >= 0.6 is 11.8 Å².